The van der Waals surface area contributed by atoms with Crippen LogP contribution < -0.4 is 0 Å². The summed E-state index contributed by atoms with van der Waals surface area (Å²) in [7, 11) is 1.00. The molecule has 0 heterocycles. The quantitative estimate of drug-likeness (QED) is 0.439. The van der Waals surface area contributed by atoms with Crippen molar-refractivity contribution in [3.05, 3.63) is 52.2 Å². The molecule has 0 aliphatic rings. The summed E-state index contributed by atoms with van der Waals surface area (Å²) in [6.07, 6.45) is 0. The molecular weight excluding hydrogens is 429 g/mol. The van der Waals surface area contributed by atoms with Crippen LogP contribution in [-0.2, 0) is 21.1 Å². The number of hydrogen-bond acceptors (Lipinski definition) is 6. The zero-order valence-electron chi connectivity index (χ0n) is 9.29. The molecule has 108 valence electrons. The predicted molar refractivity (Wildman–Crippen MR) is 62.9 cm³/mol. The number of hydrogen-bond donors (Lipinski definition) is 3. The minimum Gasteiger partial charge on any atom is -0.693 e. The Morgan fingerprint density at radius 2 is 1.56 bits per heavy atom. The van der Waals surface area contributed by atoms with Crippen molar-refractivity contribution in [2.24, 2.45) is 5.34 Å². The molecule has 0 fully saturated rings. The van der Waals surface area contributed by atoms with Gasteiger partial charge in [-0.15, -0.1) is 5.34 Å². The van der Waals surface area contributed by atoms with Crippen molar-refractivity contribution in [2.75, 3.05) is 7.11 Å². The maximum Gasteiger partial charge on any atom is 2.00 e. The van der Waals surface area contributed by atoms with Crippen molar-refractivity contribution >= 4 is 5.97 Å². The largest absolute Gasteiger partial charge is 2.00 e. The monoisotopic (exact) mass is 443 g/mol. The summed E-state index contributed by atoms with van der Waals surface area (Å²) >= 11 is 0. The van der Waals surface area contributed by atoms with Crippen LogP contribution in [0.3, 0.4) is 0 Å². The first kappa shape index (κ1) is 30.0. The standard InChI is InChI=1S/C7H6O3.CH4O.HNO2.2H2N.Pt/c8-6-4-2-1-3-5(6)7(9)10;1-2;2-1-3;;;/h1-4,8H,(H,9,10);2H,1H3;(H,2,3);2*1H2;/q;;;2*-1;+2/p-1. The molecule has 1 aromatic carbocycles. The number of aromatic carboxylic acids is 1. The number of carboxylic acids is 1. The van der Waals surface area contributed by atoms with Crippen LogP contribution in [0.2, 0.25) is 0 Å². The third-order valence-electron chi connectivity index (χ3n) is 1.13. The summed E-state index contributed by atoms with van der Waals surface area (Å²) in [5.41, 5.74) is -0.0671. The Balaban J connectivity index is -0.0000000627. The van der Waals surface area contributed by atoms with Gasteiger partial charge in [0, 0.05) is 7.11 Å². The Kier molecular flexibility index (Phi) is 34.6. The molecule has 0 saturated carbocycles. The number of aliphatic hydroxyl groups excluding tert-OH is 1. The van der Waals surface area contributed by atoms with E-state index in [0.29, 0.717) is 0 Å². The molecule has 0 radical (unpaired) electrons. The van der Waals surface area contributed by atoms with Crippen LogP contribution in [0.25, 0.3) is 12.3 Å². The van der Waals surface area contributed by atoms with E-state index in [4.69, 9.17) is 25.4 Å². The van der Waals surface area contributed by atoms with Crippen molar-refractivity contribution < 1.29 is 41.2 Å². The number of carboxylic acid groups (broad SMARTS) is 1. The predicted octanol–water partition coefficient (Wildman–Crippen LogP) is 2.38. The van der Waals surface area contributed by atoms with E-state index < -0.39 is 5.97 Å². The van der Waals surface area contributed by atoms with Crippen LogP contribution in [-0.4, -0.2) is 28.4 Å². The van der Waals surface area contributed by atoms with Crippen LogP contribution in [0.1, 0.15) is 10.4 Å². The van der Waals surface area contributed by atoms with E-state index in [1.165, 1.54) is 12.1 Å². The van der Waals surface area contributed by atoms with Crippen molar-refractivity contribution in [1.29, 1.82) is 0 Å². The van der Waals surface area contributed by atoms with E-state index >= 15 is 0 Å². The molecular formula is C8H14N3O6Pt-. The first-order valence-electron chi connectivity index (χ1n) is 3.54. The molecule has 0 amide bonds. The second kappa shape index (κ2) is 20.8. The molecule has 1 aromatic rings. The number of carbonyl (C=O) groups is 1. The number of nitrogens with zero attached hydrogens (tertiary/aromatic N) is 1. The van der Waals surface area contributed by atoms with Crippen molar-refractivity contribution in [3.8, 4) is 5.75 Å². The summed E-state index contributed by atoms with van der Waals surface area (Å²) < 4.78 is 0. The van der Waals surface area contributed by atoms with E-state index in [9.17, 15) is 4.79 Å². The number of aliphatic hydroxyl groups is 1. The normalized spacial score (nSPS) is 6.11. The number of benzene rings is 1. The van der Waals surface area contributed by atoms with Crippen LogP contribution in [0, 0.1) is 10.1 Å². The number of para-hydroxylation sites is 1. The van der Waals surface area contributed by atoms with Gasteiger partial charge in [0.05, 0.1) is 0 Å². The van der Waals surface area contributed by atoms with Crippen molar-refractivity contribution in [1.82, 2.24) is 0 Å². The minimum absolute atomic E-state index is 0. The zero-order valence-corrected chi connectivity index (χ0v) is 11.6. The summed E-state index contributed by atoms with van der Waals surface area (Å²) in [5.74, 6) is -1.31. The van der Waals surface area contributed by atoms with Crippen LogP contribution >= 0.6 is 0 Å². The number of phenols is 1. The second-order valence-electron chi connectivity index (χ2n) is 1.90. The topological polar surface area (TPSA) is 197 Å². The average molecular weight is 443 g/mol. The molecule has 0 aliphatic heterocycles. The third-order valence-corrected chi connectivity index (χ3v) is 1.13. The summed E-state index contributed by atoms with van der Waals surface area (Å²) in [4.78, 5) is 18.3. The van der Waals surface area contributed by atoms with Gasteiger partial charge in [-0.1, -0.05) is 12.1 Å². The van der Waals surface area contributed by atoms with Gasteiger partial charge in [-0.2, -0.15) is 0 Å². The Labute approximate surface area is 118 Å². The Morgan fingerprint density at radius 3 is 1.78 bits per heavy atom. The molecule has 0 aromatic heterocycles. The molecule has 18 heavy (non-hydrogen) atoms. The summed E-state index contributed by atoms with van der Waals surface area (Å²) in [6.45, 7) is 0. The van der Waals surface area contributed by atoms with Gasteiger partial charge >= 0.3 is 27.0 Å². The fraction of sp³-hybridized carbons (Fsp3) is 0.125. The van der Waals surface area contributed by atoms with Gasteiger partial charge in [0.15, 0.2) is 0 Å². The molecule has 0 spiro atoms. The smallest absolute Gasteiger partial charge is 0.693 e. The van der Waals surface area contributed by atoms with Crippen LogP contribution in [0.15, 0.2) is 29.6 Å². The van der Waals surface area contributed by atoms with E-state index in [2.05, 4.69) is 0 Å². The molecule has 10 heteroatoms. The number of aromatic hydroxyl groups is 1. The number of rotatable bonds is 1. The van der Waals surface area contributed by atoms with Crippen LogP contribution in [0.4, 0.5) is 0 Å². The minimum atomic E-state index is -1.11. The molecule has 7 N–H and O–H groups in total. The third kappa shape index (κ3) is 14.5. The first-order valence-corrected chi connectivity index (χ1v) is 3.54. The fourth-order valence-corrected chi connectivity index (χ4v) is 0.654. The molecule has 0 unspecified atom stereocenters. The molecule has 0 aliphatic carbocycles. The van der Waals surface area contributed by atoms with Crippen molar-refractivity contribution in [3.63, 3.8) is 0 Å². The van der Waals surface area contributed by atoms with Crippen LogP contribution in [0.5, 0.6) is 5.75 Å². The van der Waals surface area contributed by atoms with E-state index in [1.54, 1.807) is 12.1 Å². The summed E-state index contributed by atoms with van der Waals surface area (Å²) in [6, 6.07) is 5.81. The van der Waals surface area contributed by atoms with E-state index in [0.717, 1.165) is 12.4 Å². The molecule has 1 rings (SSSR count). The zero-order chi connectivity index (χ0) is 12.3. The fourth-order valence-electron chi connectivity index (χ4n) is 0.654. The van der Waals surface area contributed by atoms with Gasteiger partial charge < -0.3 is 37.7 Å². The molecule has 9 nitrogen and oxygen atoms in total. The molecule has 0 saturated heterocycles. The number of nitrogens with two attached hydrogens (primary N) is 2. The molecule has 0 atom stereocenters. The maximum atomic E-state index is 10.3. The van der Waals surface area contributed by atoms with Gasteiger partial charge in [-0.05, 0) is 12.1 Å². The average Bonchev–Trinajstić information content (AvgIpc) is 2.22. The SMILES string of the molecule is CO.O=C(O)c1ccccc1O.O=N[O-].[NH2-].[NH2-].[Pt+2]. The second-order valence-corrected chi connectivity index (χ2v) is 1.90. The van der Waals surface area contributed by atoms with Gasteiger partial charge in [0.1, 0.15) is 11.3 Å². The Bertz CT molecular complexity index is 313. The first-order chi connectivity index (χ1) is 7.13. The Morgan fingerprint density at radius 1 is 1.22 bits per heavy atom. The Hall–Kier alpha value is -1.54. The summed E-state index contributed by atoms with van der Waals surface area (Å²) in [5, 5.41) is 33.3. The molecule has 0 bridgehead atoms. The van der Waals surface area contributed by atoms with Gasteiger partial charge in [0.2, 0.25) is 0 Å². The van der Waals surface area contributed by atoms with Crippen molar-refractivity contribution in [2.45, 2.75) is 0 Å². The van der Waals surface area contributed by atoms with Gasteiger partial charge in [-0.3, -0.25) is 0 Å². The van der Waals surface area contributed by atoms with Gasteiger partial charge in [0.25, 0.3) is 0 Å². The van der Waals surface area contributed by atoms with E-state index in [1.807, 2.05) is 0 Å². The van der Waals surface area contributed by atoms with Gasteiger partial charge in [-0.25, -0.2) is 4.79 Å². The van der Waals surface area contributed by atoms with E-state index in [-0.39, 0.29) is 44.7 Å². The maximum absolute atomic E-state index is 10.3.